The summed E-state index contributed by atoms with van der Waals surface area (Å²) in [6, 6.07) is 4.15. The van der Waals surface area contributed by atoms with Crippen LogP contribution >= 0.6 is 11.3 Å². The maximum Gasteiger partial charge on any atom is 0.326 e. The van der Waals surface area contributed by atoms with Gasteiger partial charge >= 0.3 is 5.97 Å². The van der Waals surface area contributed by atoms with Crippen molar-refractivity contribution in [1.29, 1.82) is 0 Å². The molecule has 0 radical (unpaired) electrons. The first-order chi connectivity index (χ1) is 9.89. The SMILES string of the molecule is CCOC(=O)C1(NCc2cccs2)CCC(C)(C)CC1C. The summed E-state index contributed by atoms with van der Waals surface area (Å²) in [5, 5.41) is 5.62. The van der Waals surface area contributed by atoms with Gasteiger partial charge in [0.2, 0.25) is 0 Å². The Morgan fingerprint density at radius 3 is 2.81 bits per heavy atom. The second kappa shape index (κ2) is 6.49. The minimum absolute atomic E-state index is 0.0791. The van der Waals surface area contributed by atoms with Gasteiger partial charge in [0, 0.05) is 11.4 Å². The van der Waals surface area contributed by atoms with E-state index in [9.17, 15) is 4.79 Å². The average Bonchev–Trinajstić information content (AvgIpc) is 2.91. The number of carbonyl (C=O) groups excluding carboxylic acids is 1. The molecule has 0 spiro atoms. The van der Waals surface area contributed by atoms with Crippen molar-refractivity contribution in [3.63, 3.8) is 0 Å². The van der Waals surface area contributed by atoms with Gasteiger partial charge in [0.25, 0.3) is 0 Å². The van der Waals surface area contributed by atoms with Crippen LogP contribution in [0.1, 0.15) is 51.8 Å². The van der Waals surface area contributed by atoms with E-state index in [1.807, 2.05) is 13.0 Å². The summed E-state index contributed by atoms with van der Waals surface area (Å²) >= 11 is 1.72. The Labute approximate surface area is 132 Å². The van der Waals surface area contributed by atoms with Crippen LogP contribution in [0.2, 0.25) is 0 Å². The van der Waals surface area contributed by atoms with E-state index < -0.39 is 5.54 Å². The summed E-state index contributed by atoms with van der Waals surface area (Å²) in [5.41, 5.74) is -0.227. The summed E-state index contributed by atoms with van der Waals surface area (Å²) in [7, 11) is 0. The second-order valence-electron chi connectivity index (χ2n) is 6.89. The summed E-state index contributed by atoms with van der Waals surface area (Å²) in [6.07, 6.45) is 2.95. The van der Waals surface area contributed by atoms with Crippen molar-refractivity contribution in [3.8, 4) is 0 Å². The summed E-state index contributed by atoms with van der Waals surface area (Å²) in [4.78, 5) is 13.9. The van der Waals surface area contributed by atoms with Crippen molar-refractivity contribution < 1.29 is 9.53 Å². The van der Waals surface area contributed by atoms with Crippen LogP contribution in [0.15, 0.2) is 17.5 Å². The fourth-order valence-corrected chi connectivity index (χ4v) is 4.09. The van der Waals surface area contributed by atoms with Crippen molar-refractivity contribution in [2.75, 3.05) is 6.61 Å². The fraction of sp³-hybridized carbons (Fsp3) is 0.706. The number of carbonyl (C=O) groups is 1. The molecule has 3 nitrogen and oxygen atoms in total. The topological polar surface area (TPSA) is 38.3 Å². The number of thiophene rings is 1. The minimum atomic E-state index is -0.532. The molecule has 2 rings (SSSR count). The smallest absolute Gasteiger partial charge is 0.326 e. The molecule has 1 heterocycles. The van der Waals surface area contributed by atoms with E-state index in [0.717, 1.165) is 25.8 Å². The van der Waals surface area contributed by atoms with Crippen molar-refractivity contribution in [2.45, 2.75) is 59.0 Å². The number of esters is 1. The largest absolute Gasteiger partial charge is 0.465 e. The fourth-order valence-electron chi connectivity index (χ4n) is 3.44. The minimum Gasteiger partial charge on any atom is -0.465 e. The zero-order valence-electron chi connectivity index (χ0n) is 13.6. The monoisotopic (exact) mass is 309 g/mol. The lowest BCUT2D eigenvalue weighted by Crippen LogP contribution is -2.60. The molecule has 1 aromatic rings. The van der Waals surface area contributed by atoms with Gasteiger partial charge in [-0.15, -0.1) is 11.3 Å². The molecule has 21 heavy (non-hydrogen) atoms. The molecule has 0 aliphatic heterocycles. The summed E-state index contributed by atoms with van der Waals surface area (Å²) in [5.74, 6) is 0.199. The average molecular weight is 309 g/mol. The normalized spacial score (nSPS) is 28.3. The van der Waals surface area contributed by atoms with E-state index in [-0.39, 0.29) is 11.9 Å². The van der Waals surface area contributed by atoms with Gasteiger partial charge in [-0.3, -0.25) is 10.1 Å². The van der Waals surface area contributed by atoms with Crippen LogP contribution in [-0.2, 0) is 16.1 Å². The molecule has 1 fully saturated rings. The standard InChI is InChI=1S/C17H27NO2S/c1-5-20-15(19)17(18-12-14-7-6-10-21-14)9-8-16(3,4)11-13(17)2/h6-7,10,13,18H,5,8-9,11-12H2,1-4H3. The van der Waals surface area contributed by atoms with E-state index in [2.05, 4.69) is 37.5 Å². The van der Waals surface area contributed by atoms with Crippen molar-refractivity contribution in [2.24, 2.45) is 11.3 Å². The van der Waals surface area contributed by atoms with Gasteiger partial charge in [0.05, 0.1) is 6.61 Å². The van der Waals surface area contributed by atoms with Gasteiger partial charge in [-0.2, -0.15) is 0 Å². The molecule has 1 aromatic heterocycles. The third-order valence-corrected chi connectivity index (χ3v) is 5.57. The van der Waals surface area contributed by atoms with Crippen molar-refractivity contribution in [3.05, 3.63) is 22.4 Å². The lowest BCUT2D eigenvalue weighted by molar-refractivity contribution is -0.157. The predicted octanol–water partition coefficient (Wildman–Crippen LogP) is 3.99. The molecule has 1 aliphatic carbocycles. The molecule has 2 unspecified atom stereocenters. The van der Waals surface area contributed by atoms with Crippen LogP contribution in [0.25, 0.3) is 0 Å². The summed E-state index contributed by atoms with van der Waals surface area (Å²) < 4.78 is 5.40. The van der Waals surface area contributed by atoms with Crippen LogP contribution in [0.3, 0.4) is 0 Å². The Morgan fingerprint density at radius 2 is 2.24 bits per heavy atom. The van der Waals surface area contributed by atoms with Crippen LogP contribution in [0.4, 0.5) is 0 Å². The van der Waals surface area contributed by atoms with E-state index in [4.69, 9.17) is 4.74 Å². The number of ether oxygens (including phenoxy) is 1. The van der Waals surface area contributed by atoms with Crippen LogP contribution in [0, 0.1) is 11.3 Å². The van der Waals surface area contributed by atoms with Gasteiger partial charge < -0.3 is 4.74 Å². The first-order valence-corrected chi connectivity index (χ1v) is 8.72. The maximum absolute atomic E-state index is 12.6. The third kappa shape index (κ3) is 3.67. The summed E-state index contributed by atoms with van der Waals surface area (Å²) in [6.45, 7) is 9.82. The van der Waals surface area contributed by atoms with Crippen LogP contribution < -0.4 is 5.32 Å². The first-order valence-electron chi connectivity index (χ1n) is 7.84. The Bertz CT molecular complexity index is 469. The van der Waals surface area contributed by atoms with Crippen molar-refractivity contribution >= 4 is 17.3 Å². The van der Waals surface area contributed by atoms with Gasteiger partial charge in [-0.05, 0) is 49.0 Å². The van der Waals surface area contributed by atoms with Crippen LogP contribution in [0.5, 0.6) is 0 Å². The first kappa shape index (κ1) is 16.5. The lowest BCUT2D eigenvalue weighted by atomic mass is 9.63. The zero-order chi connectivity index (χ0) is 15.5. The molecule has 0 aromatic carbocycles. The number of rotatable bonds is 5. The lowest BCUT2D eigenvalue weighted by Gasteiger charge is -2.47. The highest BCUT2D eigenvalue weighted by Gasteiger charge is 2.49. The highest BCUT2D eigenvalue weighted by Crippen LogP contribution is 2.44. The Hall–Kier alpha value is -0.870. The van der Waals surface area contributed by atoms with Gasteiger partial charge in [0.15, 0.2) is 0 Å². The zero-order valence-corrected chi connectivity index (χ0v) is 14.4. The predicted molar refractivity (Wildman–Crippen MR) is 87.3 cm³/mol. The molecule has 0 saturated heterocycles. The molecular formula is C17H27NO2S. The quantitative estimate of drug-likeness (QED) is 0.836. The molecule has 0 amide bonds. The number of hydrogen-bond acceptors (Lipinski definition) is 4. The molecular weight excluding hydrogens is 282 g/mol. The van der Waals surface area contributed by atoms with E-state index >= 15 is 0 Å². The Kier molecular flexibility index (Phi) is 5.10. The van der Waals surface area contributed by atoms with E-state index in [1.165, 1.54) is 4.88 Å². The third-order valence-electron chi connectivity index (χ3n) is 4.69. The number of nitrogens with one attached hydrogen (secondary N) is 1. The Morgan fingerprint density at radius 1 is 1.48 bits per heavy atom. The van der Waals surface area contributed by atoms with E-state index in [0.29, 0.717) is 12.0 Å². The van der Waals surface area contributed by atoms with Crippen molar-refractivity contribution in [1.82, 2.24) is 5.32 Å². The molecule has 2 atom stereocenters. The maximum atomic E-state index is 12.6. The molecule has 1 N–H and O–H groups in total. The van der Waals surface area contributed by atoms with Crippen LogP contribution in [-0.4, -0.2) is 18.1 Å². The van der Waals surface area contributed by atoms with Gasteiger partial charge in [-0.25, -0.2) is 0 Å². The second-order valence-corrected chi connectivity index (χ2v) is 7.93. The molecule has 118 valence electrons. The molecule has 4 heteroatoms. The Balaban J connectivity index is 2.16. The van der Waals surface area contributed by atoms with E-state index in [1.54, 1.807) is 11.3 Å². The highest BCUT2D eigenvalue weighted by atomic mass is 32.1. The van der Waals surface area contributed by atoms with Gasteiger partial charge in [0.1, 0.15) is 5.54 Å². The van der Waals surface area contributed by atoms with Gasteiger partial charge in [-0.1, -0.05) is 26.8 Å². The molecule has 1 aliphatic rings. The number of hydrogen-bond donors (Lipinski definition) is 1. The molecule has 1 saturated carbocycles. The molecule has 0 bridgehead atoms. The highest BCUT2D eigenvalue weighted by molar-refractivity contribution is 7.09.